The Morgan fingerprint density at radius 1 is 1.00 bits per heavy atom. The van der Waals surface area contributed by atoms with Gasteiger partial charge in [0.2, 0.25) is 0 Å². The molecule has 2 aromatic rings. The average molecular weight is 230 g/mol. The van der Waals surface area contributed by atoms with Crippen LogP contribution in [0.15, 0.2) is 36.4 Å². The largest absolute Gasteiger partial charge is 0.392 e. The van der Waals surface area contributed by atoms with Gasteiger partial charge in [0.25, 0.3) is 0 Å². The molecule has 2 rings (SSSR count). The maximum absolute atomic E-state index is 14.2. The molecule has 1 nitrogen and oxygen atoms in total. The Labute approximate surface area is 101 Å². The number of aryl methyl sites for hydroxylation is 2. The highest BCUT2D eigenvalue weighted by Crippen LogP contribution is 2.30. The fourth-order valence-corrected chi connectivity index (χ4v) is 2.13. The Kier molecular flexibility index (Phi) is 3.25. The molecule has 1 N–H and O–H groups in total. The first-order chi connectivity index (χ1) is 8.15. The molecule has 0 aliphatic heterocycles. The first-order valence-corrected chi connectivity index (χ1v) is 5.60. The predicted octanol–water partition coefficient (Wildman–Crippen LogP) is 3.60. The quantitative estimate of drug-likeness (QED) is 0.835. The highest BCUT2D eigenvalue weighted by Gasteiger charge is 2.12. The van der Waals surface area contributed by atoms with Gasteiger partial charge in [-0.1, -0.05) is 36.4 Å². The zero-order valence-electron chi connectivity index (χ0n) is 10.00. The van der Waals surface area contributed by atoms with Crippen LogP contribution in [-0.2, 0) is 6.61 Å². The van der Waals surface area contributed by atoms with Gasteiger partial charge in [-0.05, 0) is 30.5 Å². The van der Waals surface area contributed by atoms with Gasteiger partial charge in [0, 0.05) is 11.1 Å². The Morgan fingerprint density at radius 2 is 1.59 bits per heavy atom. The van der Waals surface area contributed by atoms with E-state index in [2.05, 4.69) is 0 Å². The van der Waals surface area contributed by atoms with Gasteiger partial charge in [-0.15, -0.1) is 0 Å². The molecule has 0 saturated heterocycles. The minimum Gasteiger partial charge on any atom is -0.392 e. The lowest BCUT2D eigenvalue weighted by atomic mass is 9.94. The number of aliphatic hydroxyl groups is 1. The second-order valence-corrected chi connectivity index (χ2v) is 4.20. The molecule has 0 aliphatic carbocycles. The summed E-state index contributed by atoms with van der Waals surface area (Å²) in [5, 5.41) is 9.09. The van der Waals surface area contributed by atoms with Crippen molar-refractivity contribution in [1.82, 2.24) is 0 Å². The fourth-order valence-electron chi connectivity index (χ4n) is 2.13. The zero-order chi connectivity index (χ0) is 12.4. The number of hydrogen-bond acceptors (Lipinski definition) is 1. The molecule has 0 aliphatic rings. The van der Waals surface area contributed by atoms with E-state index in [-0.39, 0.29) is 12.4 Å². The van der Waals surface area contributed by atoms with Crippen LogP contribution < -0.4 is 0 Å². The minimum absolute atomic E-state index is 0.273. The Balaban J connectivity index is 2.69. The second kappa shape index (κ2) is 4.68. The number of rotatable bonds is 2. The molecule has 0 spiro atoms. The third kappa shape index (κ3) is 2.08. The molecule has 0 saturated carbocycles. The van der Waals surface area contributed by atoms with Crippen molar-refractivity contribution in [2.75, 3.05) is 0 Å². The van der Waals surface area contributed by atoms with Crippen molar-refractivity contribution in [2.24, 2.45) is 0 Å². The maximum atomic E-state index is 14.2. The predicted molar refractivity (Wildman–Crippen MR) is 67.2 cm³/mol. The van der Waals surface area contributed by atoms with Crippen LogP contribution in [0.5, 0.6) is 0 Å². The molecule has 0 unspecified atom stereocenters. The summed E-state index contributed by atoms with van der Waals surface area (Å²) in [7, 11) is 0. The molecule has 0 aromatic heterocycles. The van der Waals surface area contributed by atoms with Crippen molar-refractivity contribution < 1.29 is 9.50 Å². The Morgan fingerprint density at radius 3 is 2.18 bits per heavy atom. The van der Waals surface area contributed by atoms with Crippen LogP contribution >= 0.6 is 0 Å². The van der Waals surface area contributed by atoms with Gasteiger partial charge in [0.15, 0.2) is 0 Å². The molecule has 0 fully saturated rings. The Hall–Kier alpha value is -1.67. The third-order valence-electron chi connectivity index (χ3n) is 3.00. The molecule has 88 valence electrons. The molecule has 0 bridgehead atoms. The van der Waals surface area contributed by atoms with Crippen LogP contribution in [0.25, 0.3) is 11.1 Å². The minimum atomic E-state index is -0.326. The van der Waals surface area contributed by atoms with Crippen molar-refractivity contribution >= 4 is 0 Å². The average Bonchev–Trinajstić information content (AvgIpc) is 2.31. The summed E-state index contributed by atoms with van der Waals surface area (Å²) in [6.07, 6.45) is 0. The smallest absolute Gasteiger partial charge is 0.136 e. The zero-order valence-corrected chi connectivity index (χ0v) is 10.00. The molecule has 0 atom stereocenters. The first-order valence-electron chi connectivity index (χ1n) is 5.60. The summed E-state index contributed by atoms with van der Waals surface area (Å²) in [6, 6.07) is 11.0. The van der Waals surface area contributed by atoms with Gasteiger partial charge in [0.1, 0.15) is 5.82 Å². The van der Waals surface area contributed by atoms with Crippen molar-refractivity contribution in [3.63, 3.8) is 0 Å². The van der Waals surface area contributed by atoms with Crippen LogP contribution in [-0.4, -0.2) is 5.11 Å². The monoisotopic (exact) mass is 230 g/mol. The highest BCUT2D eigenvalue weighted by atomic mass is 19.1. The van der Waals surface area contributed by atoms with Crippen LogP contribution in [0.2, 0.25) is 0 Å². The van der Waals surface area contributed by atoms with E-state index in [0.29, 0.717) is 11.1 Å². The lowest BCUT2D eigenvalue weighted by Crippen LogP contribution is -1.96. The highest BCUT2D eigenvalue weighted by molar-refractivity contribution is 5.71. The van der Waals surface area contributed by atoms with E-state index in [1.165, 1.54) is 0 Å². The number of aliphatic hydroxyl groups excluding tert-OH is 1. The van der Waals surface area contributed by atoms with Crippen LogP contribution in [0, 0.1) is 19.7 Å². The molecule has 0 heterocycles. The second-order valence-electron chi connectivity index (χ2n) is 4.20. The summed E-state index contributed by atoms with van der Waals surface area (Å²) in [4.78, 5) is 0. The van der Waals surface area contributed by atoms with Gasteiger partial charge in [0.05, 0.1) is 6.61 Å². The van der Waals surface area contributed by atoms with E-state index >= 15 is 0 Å². The molecular weight excluding hydrogens is 215 g/mol. The summed E-state index contributed by atoms with van der Waals surface area (Å²) in [5.41, 5.74) is 3.90. The number of hydrogen-bond donors (Lipinski definition) is 1. The Bertz CT molecular complexity index is 526. The summed E-state index contributed by atoms with van der Waals surface area (Å²) in [6.45, 7) is 3.66. The van der Waals surface area contributed by atoms with E-state index in [9.17, 15) is 4.39 Å². The summed E-state index contributed by atoms with van der Waals surface area (Å²) < 4.78 is 14.2. The van der Waals surface area contributed by atoms with Crippen LogP contribution in [0.1, 0.15) is 16.7 Å². The summed E-state index contributed by atoms with van der Waals surface area (Å²) >= 11 is 0. The fraction of sp³-hybridized carbons (Fsp3) is 0.200. The van der Waals surface area contributed by atoms with E-state index in [0.717, 1.165) is 16.7 Å². The van der Waals surface area contributed by atoms with Crippen molar-refractivity contribution in [2.45, 2.75) is 20.5 Å². The molecular formula is C15H15FO. The van der Waals surface area contributed by atoms with E-state index < -0.39 is 0 Å². The van der Waals surface area contributed by atoms with E-state index in [4.69, 9.17) is 5.11 Å². The standard InChI is InChI=1S/C15H15FO/c1-10-5-3-6-11(2)14(10)13-8-4-7-12(9-17)15(13)16/h3-8,17H,9H2,1-2H3. The van der Waals surface area contributed by atoms with Crippen LogP contribution in [0.4, 0.5) is 4.39 Å². The van der Waals surface area contributed by atoms with E-state index in [1.807, 2.05) is 32.0 Å². The van der Waals surface area contributed by atoms with Crippen LogP contribution in [0.3, 0.4) is 0 Å². The van der Waals surface area contributed by atoms with Gasteiger partial charge >= 0.3 is 0 Å². The number of halogens is 1. The molecule has 0 amide bonds. The summed E-state index contributed by atoms with van der Waals surface area (Å²) in [5.74, 6) is -0.326. The van der Waals surface area contributed by atoms with E-state index in [1.54, 1.807) is 18.2 Å². The third-order valence-corrected chi connectivity index (χ3v) is 3.00. The molecule has 17 heavy (non-hydrogen) atoms. The first kappa shape index (κ1) is 11.8. The molecule has 2 heteroatoms. The SMILES string of the molecule is Cc1cccc(C)c1-c1cccc(CO)c1F. The van der Waals surface area contributed by atoms with Gasteiger partial charge in [-0.25, -0.2) is 4.39 Å². The van der Waals surface area contributed by atoms with Crippen molar-refractivity contribution in [3.8, 4) is 11.1 Å². The van der Waals surface area contributed by atoms with Crippen molar-refractivity contribution in [3.05, 3.63) is 58.9 Å². The normalized spacial score (nSPS) is 10.6. The maximum Gasteiger partial charge on any atom is 0.136 e. The van der Waals surface area contributed by atoms with Crippen molar-refractivity contribution in [1.29, 1.82) is 0 Å². The van der Waals surface area contributed by atoms with Gasteiger partial charge in [-0.3, -0.25) is 0 Å². The lowest BCUT2D eigenvalue weighted by Gasteiger charge is -2.12. The van der Waals surface area contributed by atoms with Gasteiger partial charge in [-0.2, -0.15) is 0 Å². The molecule has 2 aromatic carbocycles. The lowest BCUT2D eigenvalue weighted by molar-refractivity contribution is 0.276. The molecule has 0 radical (unpaired) electrons. The van der Waals surface area contributed by atoms with Gasteiger partial charge < -0.3 is 5.11 Å². The number of benzene rings is 2. The topological polar surface area (TPSA) is 20.2 Å².